The van der Waals surface area contributed by atoms with E-state index in [1.54, 1.807) is 23.5 Å². The van der Waals surface area contributed by atoms with Crippen LogP contribution in [0.15, 0.2) is 91.6 Å². The van der Waals surface area contributed by atoms with Crippen molar-refractivity contribution in [3.63, 3.8) is 0 Å². The number of thioether (sulfide) groups is 3. The number of hydrogen-bond donors (Lipinski definition) is 0. The van der Waals surface area contributed by atoms with Gasteiger partial charge in [0.1, 0.15) is 11.7 Å². The summed E-state index contributed by atoms with van der Waals surface area (Å²) >= 11 is 7.32. The van der Waals surface area contributed by atoms with Crippen molar-refractivity contribution in [1.29, 1.82) is 0 Å². The Labute approximate surface area is 219 Å². The molecule has 0 saturated carbocycles. The second-order valence-corrected chi connectivity index (χ2v) is 12.4. The van der Waals surface area contributed by atoms with Crippen molar-refractivity contribution in [2.45, 2.75) is 33.9 Å². The third-order valence-corrected chi connectivity index (χ3v) is 10.1. The van der Waals surface area contributed by atoms with E-state index in [4.69, 9.17) is 0 Å². The molecule has 3 aromatic rings. The molecule has 2 aromatic carbocycles. The highest BCUT2D eigenvalue weighted by Gasteiger charge is 2.22. The fourth-order valence-electron chi connectivity index (χ4n) is 4.34. The van der Waals surface area contributed by atoms with Crippen LogP contribution in [0.2, 0.25) is 0 Å². The first kappa shape index (κ1) is 23.9. The third-order valence-electron chi connectivity index (χ3n) is 6.33. The minimum Gasteiger partial charge on any atom is -0.338 e. The number of nitrogens with zero attached hydrogens (tertiary/aromatic N) is 2. The SMILES string of the molecule is CSc1ccc2c(c1)N(C)/C(=C/C=C1C=C(/C=C/c3sc4ccc(SC)cc4[n+]3C)CCC/1)S2. The summed E-state index contributed by atoms with van der Waals surface area (Å²) in [7, 11) is 4.34. The van der Waals surface area contributed by atoms with Crippen molar-refractivity contribution in [3.8, 4) is 0 Å². The van der Waals surface area contributed by atoms with E-state index in [0.29, 0.717) is 0 Å². The monoisotopic (exact) mass is 521 g/mol. The molecule has 174 valence electrons. The fourth-order valence-corrected chi connectivity index (χ4v) is 7.27. The second-order valence-electron chi connectivity index (χ2n) is 8.48. The molecule has 0 N–H and O–H groups in total. The van der Waals surface area contributed by atoms with Gasteiger partial charge < -0.3 is 4.90 Å². The van der Waals surface area contributed by atoms with Gasteiger partial charge in [-0.05, 0) is 79.3 Å². The summed E-state index contributed by atoms with van der Waals surface area (Å²) in [6.45, 7) is 0. The van der Waals surface area contributed by atoms with Crippen molar-refractivity contribution in [2.24, 2.45) is 7.05 Å². The highest BCUT2D eigenvalue weighted by atomic mass is 32.2. The average Bonchev–Trinajstić information content (AvgIpc) is 3.36. The van der Waals surface area contributed by atoms with E-state index in [2.05, 4.69) is 103 Å². The minimum atomic E-state index is 1.15. The Hall–Kier alpha value is -1.86. The van der Waals surface area contributed by atoms with E-state index >= 15 is 0 Å². The molecule has 2 nitrogen and oxygen atoms in total. The van der Waals surface area contributed by atoms with Gasteiger partial charge >= 0.3 is 0 Å². The van der Waals surface area contributed by atoms with Gasteiger partial charge in [0.25, 0.3) is 5.01 Å². The van der Waals surface area contributed by atoms with Crippen LogP contribution in [0.1, 0.15) is 24.3 Å². The molecule has 0 amide bonds. The Kier molecular flexibility index (Phi) is 7.30. The first-order valence-corrected chi connectivity index (χ1v) is 15.5. The number of aromatic nitrogens is 1. The van der Waals surface area contributed by atoms with E-state index in [1.165, 1.54) is 58.2 Å². The molecule has 0 spiro atoms. The molecule has 0 saturated heterocycles. The molecule has 0 fully saturated rings. The summed E-state index contributed by atoms with van der Waals surface area (Å²) in [4.78, 5) is 6.28. The largest absolute Gasteiger partial charge is 0.338 e. The van der Waals surface area contributed by atoms with Crippen LogP contribution >= 0.6 is 46.6 Å². The van der Waals surface area contributed by atoms with Crippen molar-refractivity contribution >= 4 is 68.6 Å². The van der Waals surface area contributed by atoms with Crippen LogP contribution in [0.3, 0.4) is 0 Å². The molecule has 0 bridgehead atoms. The molecule has 0 radical (unpaired) electrons. The lowest BCUT2D eigenvalue weighted by Gasteiger charge is -2.14. The van der Waals surface area contributed by atoms with Crippen molar-refractivity contribution < 1.29 is 4.57 Å². The Balaban J connectivity index is 1.34. The van der Waals surface area contributed by atoms with Gasteiger partial charge in [0.15, 0.2) is 0 Å². The molecule has 2 aliphatic rings. The number of fused-ring (bicyclic) bond motifs is 2. The van der Waals surface area contributed by atoms with Crippen LogP contribution in [0.4, 0.5) is 5.69 Å². The van der Waals surface area contributed by atoms with Gasteiger partial charge in [-0.3, -0.25) is 0 Å². The number of benzene rings is 2. The molecule has 1 aliphatic heterocycles. The fraction of sp³-hybridized carbons (Fsp3) is 0.250. The van der Waals surface area contributed by atoms with Gasteiger partial charge in [-0.25, -0.2) is 0 Å². The van der Waals surface area contributed by atoms with Crippen LogP contribution in [-0.2, 0) is 7.05 Å². The number of anilines is 1. The first-order valence-electron chi connectivity index (χ1n) is 11.4. The molecule has 0 unspecified atom stereocenters. The highest BCUT2D eigenvalue weighted by molar-refractivity contribution is 8.03. The molecule has 5 rings (SSSR count). The number of thiazole rings is 1. The van der Waals surface area contributed by atoms with Gasteiger partial charge in [-0.15, -0.1) is 23.5 Å². The van der Waals surface area contributed by atoms with E-state index in [9.17, 15) is 0 Å². The third kappa shape index (κ3) is 4.92. The normalized spacial score (nSPS) is 18.5. The lowest BCUT2D eigenvalue weighted by atomic mass is 9.94. The van der Waals surface area contributed by atoms with E-state index in [-0.39, 0.29) is 0 Å². The Morgan fingerprint density at radius 2 is 1.76 bits per heavy atom. The summed E-state index contributed by atoms with van der Waals surface area (Å²) in [5.41, 5.74) is 5.45. The zero-order valence-corrected chi connectivity index (χ0v) is 23.3. The van der Waals surface area contributed by atoms with Crippen molar-refractivity contribution in [2.75, 3.05) is 24.5 Å². The van der Waals surface area contributed by atoms with E-state index < -0.39 is 0 Å². The lowest BCUT2D eigenvalue weighted by Crippen LogP contribution is -2.28. The quantitative estimate of drug-likeness (QED) is 0.246. The van der Waals surface area contributed by atoms with Crippen LogP contribution < -0.4 is 9.47 Å². The summed E-state index contributed by atoms with van der Waals surface area (Å²) in [6, 6.07) is 13.5. The maximum absolute atomic E-state index is 2.38. The zero-order chi connectivity index (χ0) is 23.7. The number of rotatable bonds is 5. The Morgan fingerprint density at radius 3 is 2.59 bits per heavy atom. The summed E-state index contributed by atoms with van der Waals surface area (Å²) in [5, 5.41) is 2.58. The molecular formula is C28H29N2S4+. The standard InChI is InChI=1S/C28H29N2S4/c1-29-23-17-21(31-3)10-12-25(23)33-27(29)14-8-19-6-5-7-20(16-19)9-15-28-30(2)24-18-22(32-4)11-13-26(24)34-28/h8-18H,5-7H2,1-4H3/q+1. The van der Waals surface area contributed by atoms with Gasteiger partial charge in [-0.1, -0.05) is 41.3 Å². The van der Waals surface area contributed by atoms with Crippen LogP contribution in [-0.4, -0.2) is 19.6 Å². The van der Waals surface area contributed by atoms with E-state index in [1.807, 2.05) is 23.1 Å². The van der Waals surface area contributed by atoms with Gasteiger partial charge in [-0.2, -0.15) is 4.57 Å². The molecule has 34 heavy (non-hydrogen) atoms. The summed E-state index contributed by atoms with van der Waals surface area (Å²) in [5.74, 6) is 0. The molecule has 0 atom stereocenters. The highest BCUT2D eigenvalue weighted by Crippen LogP contribution is 2.46. The first-order chi connectivity index (χ1) is 16.6. The van der Waals surface area contributed by atoms with Crippen molar-refractivity contribution in [1.82, 2.24) is 0 Å². The summed E-state index contributed by atoms with van der Waals surface area (Å²) in [6.07, 6.45) is 19.4. The van der Waals surface area contributed by atoms with Crippen LogP contribution in [0.5, 0.6) is 0 Å². The topological polar surface area (TPSA) is 7.12 Å². The molecular weight excluding hydrogens is 493 g/mol. The maximum atomic E-state index is 2.38. The molecule has 6 heteroatoms. The number of hydrogen-bond acceptors (Lipinski definition) is 5. The second kappa shape index (κ2) is 10.4. The maximum Gasteiger partial charge on any atom is 0.262 e. The van der Waals surface area contributed by atoms with Gasteiger partial charge in [0.2, 0.25) is 5.52 Å². The predicted molar refractivity (Wildman–Crippen MR) is 154 cm³/mol. The molecule has 1 aliphatic carbocycles. The zero-order valence-electron chi connectivity index (χ0n) is 20.0. The molecule has 2 heterocycles. The Morgan fingerprint density at radius 1 is 0.971 bits per heavy atom. The minimum absolute atomic E-state index is 1.15. The average molecular weight is 522 g/mol. The predicted octanol–water partition coefficient (Wildman–Crippen LogP) is 8.30. The molecule has 1 aromatic heterocycles. The van der Waals surface area contributed by atoms with Gasteiger partial charge in [0, 0.05) is 33.9 Å². The Bertz CT molecular complexity index is 1360. The smallest absolute Gasteiger partial charge is 0.262 e. The van der Waals surface area contributed by atoms with Crippen LogP contribution in [0, 0.1) is 0 Å². The van der Waals surface area contributed by atoms with Gasteiger partial charge in [0.05, 0.1) is 10.7 Å². The van der Waals surface area contributed by atoms with E-state index in [0.717, 1.165) is 12.8 Å². The lowest BCUT2D eigenvalue weighted by molar-refractivity contribution is -0.642. The van der Waals surface area contributed by atoms with Crippen LogP contribution in [0.25, 0.3) is 16.3 Å². The number of allylic oxidation sites excluding steroid dienone is 6. The summed E-state index contributed by atoms with van der Waals surface area (Å²) < 4.78 is 3.65. The van der Waals surface area contributed by atoms with Crippen molar-refractivity contribution in [3.05, 3.63) is 81.9 Å². The number of aryl methyl sites for hydroxylation is 1.